The molecule has 0 aliphatic carbocycles. The minimum atomic E-state index is -3.58. The standard InChI is InChI=1S/C32H38N2O10S2/c1-7-9-26(33-11-13-34(14-12-33)46(36,37)27-10-8-15-45-27)44-32-29(35)28-22(39-3)18-21(38-2)19-23(28)43-30(32)20-16-24(40-4)31(42-6)25(17-20)41-5/h8,10,15-19,26H,7,9,11-14H2,1-6H3. The highest BCUT2D eigenvalue weighted by molar-refractivity contribution is 7.91. The second kappa shape index (κ2) is 14.2. The Labute approximate surface area is 272 Å². The molecule has 5 rings (SSSR count). The lowest BCUT2D eigenvalue weighted by atomic mass is 10.1. The van der Waals surface area contributed by atoms with Crippen LogP contribution in [0.3, 0.4) is 0 Å². The molecule has 1 saturated heterocycles. The zero-order valence-corrected chi connectivity index (χ0v) is 28.3. The number of benzene rings is 2. The van der Waals surface area contributed by atoms with Crippen molar-refractivity contribution in [1.82, 2.24) is 9.21 Å². The van der Waals surface area contributed by atoms with Gasteiger partial charge in [-0.1, -0.05) is 19.4 Å². The third-order valence-corrected chi connectivity index (χ3v) is 11.1. The molecule has 0 amide bonds. The summed E-state index contributed by atoms with van der Waals surface area (Å²) < 4.78 is 68.9. The summed E-state index contributed by atoms with van der Waals surface area (Å²) >= 11 is 1.20. The lowest BCUT2D eigenvalue weighted by Gasteiger charge is -2.38. The number of piperazine rings is 1. The van der Waals surface area contributed by atoms with Crippen molar-refractivity contribution in [1.29, 1.82) is 0 Å². The molecule has 2 aromatic heterocycles. The predicted molar refractivity (Wildman–Crippen MR) is 175 cm³/mol. The second-order valence-corrected chi connectivity index (χ2v) is 13.6. The first-order valence-electron chi connectivity index (χ1n) is 14.7. The number of thiophene rings is 1. The third-order valence-electron chi connectivity index (χ3n) is 7.83. The van der Waals surface area contributed by atoms with Crippen LogP contribution in [-0.4, -0.2) is 85.6 Å². The van der Waals surface area contributed by atoms with Crippen LogP contribution in [-0.2, 0) is 10.0 Å². The quantitative estimate of drug-likeness (QED) is 0.189. The molecular weight excluding hydrogens is 636 g/mol. The summed E-state index contributed by atoms with van der Waals surface area (Å²) in [7, 11) is 3.89. The highest BCUT2D eigenvalue weighted by Crippen LogP contribution is 2.44. The van der Waals surface area contributed by atoms with Gasteiger partial charge in [-0.25, -0.2) is 8.42 Å². The molecule has 1 aliphatic rings. The van der Waals surface area contributed by atoms with E-state index in [0.717, 1.165) is 6.42 Å². The van der Waals surface area contributed by atoms with Crippen molar-refractivity contribution in [2.45, 2.75) is 30.2 Å². The topological polar surface area (TPSA) is 126 Å². The molecule has 0 radical (unpaired) electrons. The van der Waals surface area contributed by atoms with Crippen LogP contribution < -0.4 is 33.8 Å². The average Bonchev–Trinajstić information content (AvgIpc) is 3.64. The van der Waals surface area contributed by atoms with E-state index in [9.17, 15) is 13.2 Å². The molecule has 14 heteroatoms. The van der Waals surface area contributed by atoms with Gasteiger partial charge in [0, 0.05) is 43.9 Å². The Morgan fingerprint density at radius 3 is 2.09 bits per heavy atom. The van der Waals surface area contributed by atoms with Crippen molar-refractivity contribution >= 4 is 32.3 Å². The Balaban J connectivity index is 1.60. The monoisotopic (exact) mass is 674 g/mol. The Morgan fingerprint density at radius 2 is 1.54 bits per heavy atom. The number of methoxy groups -OCH3 is 5. The number of nitrogens with zero attached hydrogens (tertiary/aromatic N) is 2. The molecule has 46 heavy (non-hydrogen) atoms. The number of sulfonamides is 1. The van der Waals surface area contributed by atoms with Gasteiger partial charge in [0.15, 0.2) is 23.5 Å². The fourth-order valence-corrected chi connectivity index (χ4v) is 8.07. The van der Waals surface area contributed by atoms with E-state index in [1.54, 1.807) is 41.8 Å². The first-order valence-corrected chi connectivity index (χ1v) is 17.0. The van der Waals surface area contributed by atoms with E-state index < -0.39 is 21.7 Å². The summed E-state index contributed by atoms with van der Waals surface area (Å²) in [6.07, 6.45) is 0.767. The minimum Gasteiger partial charge on any atom is -0.496 e. The van der Waals surface area contributed by atoms with Gasteiger partial charge in [0.25, 0.3) is 10.0 Å². The molecule has 0 saturated carbocycles. The van der Waals surface area contributed by atoms with Gasteiger partial charge in [-0.15, -0.1) is 11.3 Å². The number of hydrogen-bond acceptors (Lipinski definition) is 12. The summed E-state index contributed by atoms with van der Waals surface area (Å²) in [5, 5.41) is 1.94. The van der Waals surface area contributed by atoms with Crippen LogP contribution in [0.5, 0.6) is 34.5 Å². The van der Waals surface area contributed by atoms with Gasteiger partial charge in [0.05, 0.1) is 35.5 Å². The minimum absolute atomic E-state index is 0.0303. The van der Waals surface area contributed by atoms with E-state index in [-0.39, 0.29) is 41.3 Å². The molecule has 0 spiro atoms. The van der Waals surface area contributed by atoms with Crippen molar-refractivity contribution < 1.29 is 41.3 Å². The van der Waals surface area contributed by atoms with E-state index in [0.29, 0.717) is 52.3 Å². The summed E-state index contributed by atoms with van der Waals surface area (Å²) in [6.45, 7) is 3.40. The van der Waals surface area contributed by atoms with Crippen molar-refractivity contribution in [3.8, 4) is 45.8 Å². The molecule has 1 unspecified atom stereocenters. The number of hydrogen-bond donors (Lipinski definition) is 0. The van der Waals surface area contributed by atoms with E-state index >= 15 is 0 Å². The largest absolute Gasteiger partial charge is 0.496 e. The Kier molecular flexibility index (Phi) is 10.3. The van der Waals surface area contributed by atoms with Crippen molar-refractivity contribution in [3.63, 3.8) is 0 Å². The van der Waals surface area contributed by atoms with E-state index in [1.165, 1.54) is 51.2 Å². The maximum Gasteiger partial charge on any atom is 0.252 e. The fraction of sp³-hybridized carbons (Fsp3) is 0.406. The first-order chi connectivity index (χ1) is 22.2. The Bertz CT molecular complexity index is 1810. The molecular formula is C32H38N2O10S2. The Hall–Kier alpha value is -3.98. The van der Waals surface area contributed by atoms with Gasteiger partial charge >= 0.3 is 0 Å². The second-order valence-electron chi connectivity index (χ2n) is 10.4. The zero-order chi connectivity index (χ0) is 33.0. The highest BCUT2D eigenvalue weighted by Gasteiger charge is 2.34. The molecule has 2 aromatic carbocycles. The van der Waals surface area contributed by atoms with Gasteiger partial charge in [-0.2, -0.15) is 4.31 Å². The predicted octanol–water partition coefficient (Wildman–Crippen LogP) is 5.08. The highest BCUT2D eigenvalue weighted by atomic mass is 32.2. The number of ether oxygens (including phenoxy) is 6. The molecule has 248 valence electrons. The molecule has 1 aliphatic heterocycles. The van der Waals surface area contributed by atoms with Crippen LogP contribution in [0, 0.1) is 0 Å². The smallest absolute Gasteiger partial charge is 0.252 e. The van der Waals surface area contributed by atoms with Gasteiger partial charge in [-0.3, -0.25) is 9.69 Å². The van der Waals surface area contributed by atoms with Crippen LogP contribution >= 0.6 is 11.3 Å². The molecule has 12 nitrogen and oxygen atoms in total. The van der Waals surface area contributed by atoms with Crippen LogP contribution in [0.25, 0.3) is 22.3 Å². The molecule has 0 bridgehead atoms. The summed E-state index contributed by atoms with van der Waals surface area (Å²) in [6, 6.07) is 9.92. The lowest BCUT2D eigenvalue weighted by molar-refractivity contribution is -0.00173. The van der Waals surface area contributed by atoms with Crippen molar-refractivity contribution in [3.05, 3.63) is 52.0 Å². The molecule has 4 aromatic rings. The van der Waals surface area contributed by atoms with Crippen LogP contribution in [0.2, 0.25) is 0 Å². The number of rotatable bonds is 13. The van der Waals surface area contributed by atoms with Gasteiger partial charge in [-0.05, 0) is 30.0 Å². The SMILES string of the molecule is CCCC(Oc1c(-c2cc(OC)c(OC)c(OC)c2)oc2cc(OC)cc(OC)c2c1=O)N1CCN(S(=O)(=O)c2cccs2)CC1. The van der Waals surface area contributed by atoms with Crippen molar-refractivity contribution in [2.24, 2.45) is 0 Å². The molecule has 1 atom stereocenters. The molecule has 1 fully saturated rings. The normalized spacial score (nSPS) is 15.0. The van der Waals surface area contributed by atoms with E-state index in [2.05, 4.69) is 4.90 Å². The lowest BCUT2D eigenvalue weighted by Crippen LogP contribution is -2.53. The third kappa shape index (κ3) is 6.34. The van der Waals surface area contributed by atoms with Crippen molar-refractivity contribution in [2.75, 3.05) is 61.7 Å². The first kappa shape index (κ1) is 33.4. The van der Waals surface area contributed by atoms with E-state index in [1.807, 2.05) is 6.92 Å². The summed E-state index contributed by atoms with van der Waals surface area (Å²) in [5.41, 5.74) is 0.244. The molecule has 3 heterocycles. The van der Waals surface area contributed by atoms with Crippen LogP contribution in [0.1, 0.15) is 19.8 Å². The van der Waals surface area contributed by atoms with E-state index in [4.69, 9.17) is 32.8 Å². The summed E-state index contributed by atoms with van der Waals surface area (Å²) in [4.78, 5) is 16.4. The molecule has 0 N–H and O–H groups in total. The van der Waals surface area contributed by atoms with Crippen LogP contribution in [0.4, 0.5) is 0 Å². The van der Waals surface area contributed by atoms with Crippen LogP contribution in [0.15, 0.2) is 55.2 Å². The fourth-order valence-electron chi connectivity index (χ4n) is 5.50. The van der Waals surface area contributed by atoms with Gasteiger partial charge in [0.2, 0.25) is 16.9 Å². The maximum atomic E-state index is 14.4. The maximum absolute atomic E-state index is 14.4. The van der Waals surface area contributed by atoms with Gasteiger partial charge < -0.3 is 32.8 Å². The average molecular weight is 675 g/mol. The Morgan fingerprint density at radius 1 is 0.870 bits per heavy atom. The summed E-state index contributed by atoms with van der Waals surface area (Å²) in [5.74, 6) is 1.93. The zero-order valence-electron chi connectivity index (χ0n) is 26.7. The number of fused-ring (bicyclic) bond motifs is 1. The van der Waals surface area contributed by atoms with Gasteiger partial charge in [0.1, 0.15) is 26.7 Å².